The highest BCUT2D eigenvalue weighted by Crippen LogP contribution is 2.13. The molecule has 3 heteroatoms. The van der Waals surface area contributed by atoms with Crippen LogP contribution in [0.4, 0.5) is 0 Å². The fourth-order valence-corrected chi connectivity index (χ4v) is 2.83. The lowest BCUT2D eigenvalue weighted by Crippen LogP contribution is -2.31. The zero-order chi connectivity index (χ0) is 16.5. The van der Waals surface area contributed by atoms with Crippen LogP contribution in [0.2, 0.25) is 0 Å². The van der Waals surface area contributed by atoms with Crippen molar-refractivity contribution in [3.8, 4) is 0 Å². The van der Waals surface area contributed by atoms with E-state index in [9.17, 15) is 4.79 Å². The first-order chi connectivity index (χ1) is 10.7. The maximum Gasteiger partial charge on any atom is 0.322 e. The highest BCUT2D eigenvalue weighted by atomic mass is 16.5. The minimum absolute atomic E-state index is 0.283. The molecule has 22 heavy (non-hydrogen) atoms. The molecule has 0 saturated heterocycles. The molecule has 132 valence electrons. The minimum Gasteiger partial charge on any atom is -0.468 e. The number of hydrogen-bond donors (Lipinski definition) is 1. The first-order valence-corrected chi connectivity index (χ1v) is 9.55. The fraction of sp³-hybridized carbons (Fsp3) is 0.947. The van der Waals surface area contributed by atoms with Gasteiger partial charge in [-0.25, -0.2) is 0 Å². The number of methoxy groups -OCH3 is 1. The summed E-state index contributed by atoms with van der Waals surface area (Å²) in [5.74, 6) is -0.283. The average Bonchev–Trinajstić information content (AvgIpc) is 2.54. The fourth-order valence-electron chi connectivity index (χ4n) is 2.83. The molecule has 0 aromatic heterocycles. The molecule has 1 atom stereocenters. The van der Waals surface area contributed by atoms with Crippen molar-refractivity contribution in [2.24, 2.45) is 5.73 Å². The van der Waals surface area contributed by atoms with Crippen molar-refractivity contribution in [3.05, 3.63) is 0 Å². The van der Waals surface area contributed by atoms with Crippen LogP contribution in [-0.4, -0.2) is 19.1 Å². The Bertz CT molecular complexity index is 244. The van der Waals surface area contributed by atoms with Gasteiger partial charge in [0.15, 0.2) is 0 Å². The van der Waals surface area contributed by atoms with Crippen molar-refractivity contribution in [1.82, 2.24) is 0 Å². The predicted octanol–water partition coefficient (Wildman–Crippen LogP) is 5.36. The summed E-state index contributed by atoms with van der Waals surface area (Å²) in [6, 6.07) is -0.428. The number of esters is 1. The van der Waals surface area contributed by atoms with E-state index in [0.717, 1.165) is 12.8 Å². The molecule has 0 bridgehead atoms. The van der Waals surface area contributed by atoms with Crippen molar-refractivity contribution in [3.63, 3.8) is 0 Å². The second-order valence-corrected chi connectivity index (χ2v) is 6.51. The summed E-state index contributed by atoms with van der Waals surface area (Å²) in [4.78, 5) is 11.1. The molecular formula is C19H39NO2. The zero-order valence-corrected chi connectivity index (χ0v) is 15.1. The Labute approximate surface area is 138 Å². The van der Waals surface area contributed by atoms with Gasteiger partial charge in [0.1, 0.15) is 6.04 Å². The summed E-state index contributed by atoms with van der Waals surface area (Å²) in [5.41, 5.74) is 5.70. The second kappa shape index (κ2) is 16.8. The first kappa shape index (κ1) is 21.4. The molecule has 0 aliphatic rings. The third kappa shape index (κ3) is 14.4. The smallest absolute Gasteiger partial charge is 0.322 e. The molecule has 0 radical (unpaired) electrons. The second-order valence-electron chi connectivity index (χ2n) is 6.51. The van der Waals surface area contributed by atoms with E-state index < -0.39 is 6.04 Å². The van der Waals surface area contributed by atoms with Gasteiger partial charge in [0.25, 0.3) is 0 Å². The summed E-state index contributed by atoms with van der Waals surface area (Å²) in [6.45, 7) is 2.27. The number of carbonyl (C=O) groups is 1. The van der Waals surface area contributed by atoms with Crippen LogP contribution < -0.4 is 5.73 Å². The molecule has 0 aromatic carbocycles. The molecule has 0 fully saturated rings. The Kier molecular flexibility index (Phi) is 16.4. The van der Waals surface area contributed by atoms with Crippen molar-refractivity contribution in [1.29, 1.82) is 0 Å². The van der Waals surface area contributed by atoms with Crippen molar-refractivity contribution in [2.45, 2.75) is 109 Å². The SMILES string of the molecule is CCCCCCCCCCCCCCCCC(N)C(=O)OC. The van der Waals surface area contributed by atoms with E-state index in [2.05, 4.69) is 11.7 Å². The van der Waals surface area contributed by atoms with E-state index in [4.69, 9.17) is 5.73 Å². The molecule has 3 nitrogen and oxygen atoms in total. The van der Waals surface area contributed by atoms with E-state index in [1.54, 1.807) is 0 Å². The number of unbranched alkanes of at least 4 members (excludes halogenated alkanes) is 13. The summed E-state index contributed by atoms with van der Waals surface area (Å²) in [7, 11) is 1.40. The van der Waals surface area contributed by atoms with Gasteiger partial charge in [0.05, 0.1) is 7.11 Å². The molecule has 1 unspecified atom stereocenters. The quantitative estimate of drug-likeness (QED) is 0.308. The zero-order valence-electron chi connectivity index (χ0n) is 15.1. The molecule has 0 saturated carbocycles. The van der Waals surface area contributed by atoms with Gasteiger partial charge in [-0.3, -0.25) is 4.79 Å². The van der Waals surface area contributed by atoms with Crippen molar-refractivity contribution < 1.29 is 9.53 Å². The maximum absolute atomic E-state index is 11.1. The van der Waals surface area contributed by atoms with Gasteiger partial charge in [0, 0.05) is 0 Å². The third-order valence-corrected chi connectivity index (χ3v) is 4.37. The number of carbonyl (C=O) groups excluding carboxylic acids is 1. The normalized spacial score (nSPS) is 12.3. The van der Waals surface area contributed by atoms with Gasteiger partial charge in [0.2, 0.25) is 0 Å². The average molecular weight is 314 g/mol. The lowest BCUT2D eigenvalue weighted by molar-refractivity contribution is -0.142. The Morgan fingerprint density at radius 2 is 1.14 bits per heavy atom. The highest BCUT2D eigenvalue weighted by Gasteiger charge is 2.12. The number of rotatable bonds is 16. The van der Waals surface area contributed by atoms with E-state index in [0.29, 0.717) is 0 Å². The van der Waals surface area contributed by atoms with Gasteiger partial charge in [-0.1, -0.05) is 96.8 Å². The molecule has 0 rings (SSSR count). The Morgan fingerprint density at radius 1 is 0.773 bits per heavy atom. The first-order valence-electron chi connectivity index (χ1n) is 9.55. The van der Waals surface area contributed by atoms with Crippen molar-refractivity contribution >= 4 is 5.97 Å². The van der Waals surface area contributed by atoms with E-state index in [1.807, 2.05) is 0 Å². The summed E-state index contributed by atoms with van der Waals surface area (Å²) in [5, 5.41) is 0. The van der Waals surface area contributed by atoms with E-state index >= 15 is 0 Å². The number of hydrogen-bond acceptors (Lipinski definition) is 3. The number of ether oxygens (including phenoxy) is 1. The summed E-state index contributed by atoms with van der Waals surface area (Å²) >= 11 is 0. The monoisotopic (exact) mass is 313 g/mol. The molecule has 0 amide bonds. The van der Waals surface area contributed by atoms with E-state index in [1.165, 1.54) is 90.6 Å². The Balaban J connectivity index is 3.10. The summed E-state index contributed by atoms with van der Waals surface area (Å²) in [6.07, 6.45) is 19.6. The molecular weight excluding hydrogens is 274 g/mol. The highest BCUT2D eigenvalue weighted by molar-refractivity contribution is 5.75. The van der Waals surface area contributed by atoms with Gasteiger partial charge in [-0.05, 0) is 6.42 Å². The van der Waals surface area contributed by atoms with Crippen LogP contribution in [0.3, 0.4) is 0 Å². The van der Waals surface area contributed by atoms with Crippen molar-refractivity contribution in [2.75, 3.05) is 7.11 Å². The molecule has 0 aromatic rings. The molecule has 2 N–H and O–H groups in total. The Morgan fingerprint density at radius 3 is 1.50 bits per heavy atom. The topological polar surface area (TPSA) is 52.3 Å². The van der Waals surface area contributed by atoms with Crippen LogP contribution in [0.25, 0.3) is 0 Å². The molecule has 0 aliphatic carbocycles. The molecule has 0 aliphatic heterocycles. The molecule has 0 heterocycles. The van der Waals surface area contributed by atoms with Gasteiger partial charge < -0.3 is 10.5 Å². The van der Waals surface area contributed by atoms with Crippen LogP contribution in [-0.2, 0) is 9.53 Å². The summed E-state index contributed by atoms with van der Waals surface area (Å²) < 4.78 is 4.62. The van der Waals surface area contributed by atoms with Crippen LogP contribution in [0.1, 0.15) is 103 Å². The van der Waals surface area contributed by atoms with Crippen LogP contribution in [0.5, 0.6) is 0 Å². The number of nitrogens with two attached hydrogens (primary N) is 1. The largest absolute Gasteiger partial charge is 0.468 e. The maximum atomic E-state index is 11.1. The van der Waals surface area contributed by atoms with Gasteiger partial charge in [-0.15, -0.1) is 0 Å². The predicted molar refractivity (Wildman–Crippen MR) is 94.9 cm³/mol. The lowest BCUT2D eigenvalue weighted by atomic mass is 10.0. The third-order valence-electron chi connectivity index (χ3n) is 4.37. The van der Waals surface area contributed by atoms with Gasteiger partial charge in [-0.2, -0.15) is 0 Å². The van der Waals surface area contributed by atoms with Gasteiger partial charge >= 0.3 is 5.97 Å². The standard InChI is InChI=1S/C19H39NO2/c1-3-4-5-6-7-8-9-10-11-12-13-14-15-16-17-18(20)19(21)22-2/h18H,3-17,20H2,1-2H3. The Hall–Kier alpha value is -0.570. The van der Waals surface area contributed by atoms with E-state index in [-0.39, 0.29) is 5.97 Å². The molecule has 0 spiro atoms. The van der Waals surface area contributed by atoms with Crippen LogP contribution >= 0.6 is 0 Å². The minimum atomic E-state index is -0.428. The lowest BCUT2D eigenvalue weighted by Gasteiger charge is -2.08. The van der Waals surface area contributed by atoms with Crippen LogP contribution in [0, 0.1) is 0 Å². The van der Waals surface area contributed by atoms with Crippen LogP contribution in [0.15, 0.2) is 0 Å².